The summed E-state index contributed by atoms with van der Waals surface area (Å²) in [6, 6.07) is 30.5. The van der Waals surface area contributed by atoms with Crippen molar-refractivity contribution in [2.75, 3.05) is 0 Å². The van der Waals surface area contributed by atoms with Crippen LogP contribution in [0.5, 0.6) is 0 Å². The molecule has 0 radical (unpaired) electrons. The van der Waals surface area contributed by atoms with E-state index in [9.17, 15) is 0 Å². The van der Waals surface area contributed by atoms with Gasteiger partial charge in [0.1, 0.15) is 0 Å². The Hall–Kier alpha value is -1.81. The summed E-state index contributed by atoms with van der Waals surface area (Å²) in [5.41, 5.74) is 2.74. The minimum Gasteiger partial charge on any atom is -0.147 e. The van der Waals surface area contributed by atoms with E-state index in [4.69, 9.17) is 0 Å². The van der Waals surface area contributed by atoms with Gasteiger partial charge in [-0.2, -0.15) is 0 Å². The monoisotopic (exact) mass is 378 g/mol. The molecule has 0 aliphatic heterocycles. The Bertz CT molecular complexity index is 790. The average Bonchev–Trinajstić information content (AvgIpc) is 3.38. The van der Waals surface area contributed by atoms with Gasteiger partial charge >= 0.3 is 0 Å². The zero-order valence-corrected chi connectivity index (χ0v) is 16.1. The molecule has 3 heteroatoms. The molecular formula is C22H18S3. The summed E-state index contributed by atoms with van der Waals surface area (Å²) in [4.78, 5) is 2.82. The largest absolute Gasteiger partial charge is 0.147 e. The van der Waals surface area contributed by atoms with E-state index in [1.54, 1.807) is 0 Å². The van der Waals surface area contributed by atoms with Crippen LogP contribution >= 0.6 is 34.4 Å². The minimum absolute atomic E-state index is 0.341. The zero-order chi connectivity index (χ0) is 16.9. The van der Waals surface area contributed by atoms with E-state index in [1.807, 2.05) is 34.4 Å². The van der Waals surface area contributed by atoms with Crippen molar-refractivity contribution in [1.82, 2.24) is 0 Å². The number of rotatable bonds is 6. The fourth-order valence-electron chi connectivity index (χ4n) is 2.89. The molecule has 2 atom stereocenters. The third kappa shape index (κ3) is 3.90. The Morgan fingerprint density at radius 3 is 1.32 bits per heavy atom. The number of benzene rings is 2. The highest BCUT2D eigenvalue weighted by Crippen LogP contribution is 2.49. The molecule has 0 fully saturated rings. The van der Waals surface area contributed by atoms with Crippen molar-refractivity contribution in [2.45, 2.75) is 10.5 Å². The first kappa shape index (κ1) is 16.6. The predicted molar refractivity (Wildman–Crippen MR) is 113 cm³/mol. The summed E-state index contributed by atoms with van der Waals surface area (Å²) in [6.45, 7) is 0. The second-order valence-corrected chi connectivity index (χ2v) is 8.92. The van der Waals surface area contributed by atoms with Crippen LogP contribution < -0.4 is 0 Å². The zero-order valence-electron chi connectivity index (χ0n) is 13.6. The number of thioether (sulfide) groups is 1. The normalized spacial score (nSPS) is 13.4. The predicted octanol–water partition coefficient (Wildman–Crippen LogP) is 7.42. The van der Waals surface area contributed by atoms with Crippen molar-refractivity contribution in [3.63, 3.8) is 0 Å². The van der Waals surface area contributed by atoms with Crippen LogP contribution in [0.25, 0.3) is 0 Å². The van der Waals surface area contributed by atoms with Crippen molar-refractivity contribution >= 4 is 34.4 Å². The molecule has 0 aliphatic carbocycles. The van der Waals surface area contributed by atoms with Gasteiger partial charge in [0.2, 0.25) is 0 Å². The van der Waals surface area contributed by atoms with Crippen LogP contribution in [0.15, 0.2) is 95.7 Å². The standard InChI is InChI=1S/C22H18S3/c1-3-9-17(10-4-1)21(19-13-7-15-23-19)25-22(20-14-8-16-24-20)18-11-5-2-6-12-18/h1-16,21-22H. The van der Waals surface area contributed by atoms with Gasteiger partial charge in [-0.3, -0.25) is 0 Å². The van der Waals surface area contributed by atoms with E-state index in [-0.39, 0.29) is 0 Å². The van der Waals surface area contributed by atoms with Gasteiger partial charge < -0.3 is 0 Å². The highest BCUT2D eigenvalue weighted by atomic mass is 32.2. The quantitative estimate of drug-likeness (QED) is 0.336. The van der Waals surface area contributed by atoms with E-state index >= 15 is 0 Å². The molecule has 0 saturated carbocycles. The van der Waals surface area contributed by atoms with Gasteiger partial charge in [0, 0.05) is 9.75 Å². The van der Waals surface area contributed by atoms with E-state index < -0.39 is 0 Å². The molecule has 2 heterocycles. The Balaban J connectivity index is 1.74. The van der Waals surface area contributed by atoms with Crippen LogP contribution in [0.1, 0.15) is 31.4 Å². The fraction of sp³-hybridized carbons (Fsp3) is 0.0909. The Kier molecular flexibility index (Phi) is 5.36. The van der Waals surface area contributed by atoms with Crippen LogP contribution in [-0.4, -0.2) is 0 Å². The van der Waals surface area contributed by atoms with Crippen LogP contribution in [0, 0.1) is 0 Å². The molecule has 0 saturated heterocycles. The third-order valence-corrected chi connectivity index (χ3v) is 7.85. The lowest BCUT2D eigenvalue weighted by molar-refractivity contribution is 1.14. The maximum Gasteiger partial charge on any atom is 0.0650 e. The fourth-order valence-corrected chi connectivity index (χ4v) is 6.35. The highest BCUT2D eigenvalue weighted by molar-refractivity contribution is 8.00. The average molecular weight is 379 g/mol. The van der Waals surface area contributed by atoms with Crippen molar-refractivity contribution in [1.29, 1.82) is 0 Å². The number of hydrogen-bond donors (Lipinski definition) is 0. The van der Waals surface area contributed by atoms with Crippen molar-refractivity contribution in [3.05, 3.63) is 117 Å². The molecule has 0 N–H and O–H groups in total. The summed E-state index contributed by atoms with van der Waals surface area (Å²) in [5.74, 6) is 0. The summed E-state index contributed by atoms with van der Waals surface area (Å²) in [6.07, 6.45) is 0. The van der Waals surface area contributed by atoms with Crippen LogP contribution in [0.4, 0.5) is 0 Å². The van der Waals surface area contributed by atoms with Gasteiger partial charge in [0.25, 0.3) is 0 Å². The second kappa shape index (κ2) is 8.05. The van der Waals surface area contributed by atoms with Gasteiger partial charge in [-0.25, -0.2) is 0 Å². The van der Waals surface area contributed by atoms with E-state index in [1.165, 1.54) is 20.9 Å². The maximum atomic E-state index is 2.26. The first-order chi connectivity index (χ1) is 12.4. The summed E-state index contributed by atoms with van der Waals surface area (Å²) in [5, 5.41) is 5.03. The minimum atomic E-state index is 0.341. The van der Waals surface area contributed by atoms with Gasteiger partial charge in [-0.05, 0) is 34.0 Å². The molecule has 0 bridgehead atoms. The number of hydrogen-bond acceptors (Lipinski definition) is 3. The van der Waals surface area contributed by atoms with Crippen molar-refractivity contribution in [2.24, 2.45) is 0 Å². The van der Waals surface area contributed by atoms with Gasteiger partial charge in [-0.15, -0.1) is 34.4 Å². The molecular weight excluding hydrogens is 360 g/mol. The van der Waals surface area contributed by atoms with E-state index in [2.05, 4.69) is 95.7 Å². The molecule has 4 rings (SSSR count). The third-order valence-electron chi connectivity index (χ3n) is 4.08. The number of thiophene rings is 2. The Morgan fingerprint density at radius 1 is 0.520 bits per heavy atom. The molecule has 0 aliphatic rings. The molecule has 4 aromatic rings. The van der Waals surface area contributed by atoms with Gasteiger partial charge in [0.15, 0.2) is 0 Å². The Labute approximate surface area is 161 Å². The van der Waals surface area contributed by atoms with Crippen LogP contribution in [0.2, 0.25) is 0 Å². The van der Waals surface area contributed by atoms with Crippen molar-refractivity contribution in [3.8, 4) is 0 Å². The lowest BCUT2D eigenvalue weighted by Gasteiger charge is -2.23. The highest BCUT2D eigenvalue weighted by Gasteiger charge is 2.24. The molecule has 25 heavy (non-hydrogen) atoms. The lowest BCUT2D eigenvalue weighted by atomic mass is 10.1. The molecule has 0 nitrogen and oxygen atoms in total. The van der Waals surface area contributed by atoms with E-state index in [0.717, 1.165) is 0 Å². The summed E-state index contributed by atoms with van der Waals surface area (Å²) < 4.78 is 0. The second-order valence-electron chi connectivity index (χ2n) is 5.75. The van der Waals surface area contributed by atoms with Gasteiger partial charge in [0.05, 0.1) is 10.5 Å². The first-order valence-electron chi connectivity index (χ1n) is 8.24. The molecule has 2 unspecified atom stereocenters. The smallest absolute Gasteiger partial charge is 0.0650 e. The van der Waals surface area contributed by atoms with Crippen LogP contribution in [0.3, 0.4) is 0 Å². The molecule has 0 spiro atoms. The first-order valence-corrected chi connectivity index (χ1v) is 10.9. The SMILES string of the molecule is c1ccc(C(SC(c2ccccc2)c2cccs2)c2cccs2)cc1. The lowest BCUT2D eigenvalue weighted by Crippen LogP contribution is -2.01. The molecule has 2 aromatic heterocycles. The van der Waals surface area contributed by atoms with Gasteiger partial charge in [-0.1, -0.05) is 72.8 Å². The molecule has 0 amide bonds. The summed E-state index contributed by atoms with van der Waals surface area (Å²) in [7, 11) is 0. The topological polar surface area (TPSA) is 0 Å². The van der Waals surface area contributed by atoms with Crippen molar-refractivity contribution < 1.29 is 0 Å². The molecule has 2 aromatic carbocycles. The van der Waals surface area contributed by atoms with E-state index in [0.29, 0.717) is 10.5 Å². The van der Waals surface area contributed by atoms with Crippen LogP contribution in [-0.2, 0) is 0 Å². The maximum absolute atomic E-state index is 2.26. The Morgan fingerprint density at radius 2 is 0.960 bits per heavy atom. The summed E-state index contributed by atoms with van der Waals surface area (Å²) >= 11 is 5.72. The molecule has 124 valence electrons.